The highest BCUT2D eigenvalue weighted by Crippen LogP contribution is 2.39. The number of ether oxygens (including phenoxy) is 4. The molecular weight excluding hydrogens is 523 g/mol. The number of anilines is 1. The molecule has 1 aliphatic rings. The van der Waals surface area contributed by atoms with Crippen LogP contribution in [0.5, 0.6) is 23.0 Å². The van der Waals surface area contributed by atoms with E-state index in [4.69, 9.17) is 18.9 Å². The summed E-state index contributed by atoms with van der Waals surface area (Å²) in [7, 11) is 8.36. The molecule has 3 rings (SSSR count). The molecule has 2 aromatic carbocycles. The summed E-state index contributed by atoms with van der Waals surface area (Å²) in [5.41, 5.74) is 2.15. The summed E-state index contributed by atoms with van der Waals surface area (Å²) in [6.45, 7) is 4.13. The first-order valence-corrected chi connectivity index (χ1v) is 10.3. The summed E-state index contributed by atoms with van der Waals surface area (Å²) in [4.78, 5) is 9.11. The molecule has 0 saturated carbocycles. The van der Waals surface area contributed by atoms with Gasteiger partial charge in [-0.15, -0.1) is 24.0 Å². The van der Waals surface area contributed by atoms with Crippen molar-refractivity contribution in [2.45, 2.75) is 6.54 Å². The standard InChI is InChI=1S/C23H32N4O4.HI/c1-24-23(25-16-17-9-10-20(29-3)22(31-5)21(17)30-4)27-13-11-26(12-14-27)18-7-6-8-19(15-18)28-2;/h6-10,15H,11-14,16H2,1-5H3,(H,24,25);1H. The van der Waals surface area contributed by atoms with Crippen LogP contribution in [0.2, 0.25) is 0 Å². The summed E-state index contributed by atoms with van der Waals surface area (Å²) in [6.07, 6.45) is 0. The van der Waals surface area contributed by atoms with Crippen molar-refractivity contribution in [1.82, 2.24) is 10.2 Å². The van der Waals surface area contributed by atoms with Gasteiger partial charge in [0.1, 0.15) is 5.75 Å². The molecule has 0 spiro atoms. The lowest BCUT2D eigenvalue weighted by Gasteiger charge is -2.37. The molecule has 1 fully saturated rings. The lowest BCUT2D eigenvalue weighted by molar-refractivity contribution is 0.321. The Kier molecular flexibility index (Phi) is 10.0. The van der Waals surface area contributed by atoms with Crippen LogP contribution in [0.25, 0.3) is 0 Å². The molecule has 176 valence electrons. The highest BCUT2D eigenvalue weighted by atomic mass is 127. The predicted molar refractivity (Wildman–Crippen MR) is 138 cm³/mol. The largest absolute Gasteiger partial charge is 0.497 e. The van der Waals surface area contributed by atoms with Crippen LogP contribution >= 0.6 is 24.0 Å². The van der Waals surface area contributed by atoms with Gasteiger partial charge in [0, 0.05) is 57.1 Å². The monoisotopic (exact) mass is 556 g/mol. The molecule has 32 heavy (non-hydrogen) atoms. The van der Waals surface area contributed by atoms with Crippen LogP contribution in [0.1, 0.15) is 5.56 Å². The Morgan fingerprint density at radius 2 is 1.62 bits per heavy atom. The van der Waals surface area contributed by atoms with E-state index in [1.54, 1.807) is 28.4 Å². The number of aliphatic imine (C=N–C) groups is 1. The van der Waals surface area contributed by atoms with Gasteiger partial charge < -0.3 is 34.1 Å². The summed E-state index contributed by atoms with van der Waals surface area (Å²) in [5.74, 6) is 3.63. The lowest BCUT2D eigenvalue weighted by Crippen LogP contribution is -2.52. The molecule has 0 atom stereocenters. The van der Waals surface area contributed by atoms with E-state index in [2.05, 4.69) is 32.2 Å². The van der Waals surface area contributed by atoms with Gasteiger partial charge in [-0.05, 0) is 24.3 Å². The van der Waals surface area contributed by atoms with E-state index in [-0.39, 0.29) is 24.0 Å². The molecule has 2 aromatic rings. The molecule has 1 aliphatic heterocycles. The molecule has 1 heterocycles. The van der Waals surface area contributed by atoms with Crippen LogP contribution in [0.15, 0.2) is 41.4 Å². The van der Waals surface area contributed by atoms with Crippen LogP contribution in [-0.4, -0.2) is 72.5 Å². The topological polar surface area (TPSA) is 67.8 Å². The molecule has 0 radical (unpaired) electrons. The normalized spacial score (nSPS) is 13.8. The van der Waals surface area contributed by atoms with E-state index in [0.29, 0.717) is 23.8 Å². The Morgan fingerprint density at radius 1 is 0.906 bits per heavy atom. The maximum atomic E-state index is 5.59. The van der Waals surface area contributed by atoms with E-state index in [9.17, 15) is 0 Å². The Hall–Kier alpha value is -2.56. The average Bonchev–Trinajstić information content (AvgIpc) is 2.84. The number of nitrogens with one attached hydrogen (secondary N) is 1. The van der Waals surface area contributed by atoms with E-state index in [1.165, 1.54) is 5.69 Å². The number of hydrogen-bond acceptors (Lipinski definition) is 6. The zero-order valence-electron chi connectivity index (χ0n) is 19.4. The maximum absolute atomic E-state index is 5.59. The first-order chi connectivity index (χ1) is 15.1. The van der Waals surface area contributed by atoms with Gasteiger partial charge in [0.05, 0.1) is 28.4 Å². The molecule has 1 N–H and O–H groups in total. The molecule has 8 nitrogen and oxygen atoms in total. The quantitative estimate of drug-likeness (QED) is 0.319. The summed E-state index contributed by atoms with van der Waals surface area (Å²) >= 11 is 0. The smallest absolute Gasteiger partial charge is 0.203 e. The van der Waals surface area contributed by atoms with Gasteiger partial charge in [0.15, 0.2) is 17.5 Å². The zero-order valence-corrected chi connectivity index (χ0v) is 21.7. The number of halogens is 1. The Balaban J connectivity index is 0.00000363. The number of guanidine groups is 1. The van der Waals surface area contributed by atoms with Crippen LogP contribution in [0, 0.1) is 0 Å². The highest BCUT2D eigenvalue weighted by molar-refractivity contribution is 14.0. The Labute approximate surface area is 207 Å². The fraction of sp³-hybridized carbons (Fsp3) is 0.435. The number of piperazine rings is 1. The van der Waals surface area contributed by atoms with Gasteiger partial charge in [-0.3, -0.25) is 4.99 Å². The van der Waals surface area contributed by atoms with E-state index in [1.807, 2.05) is 31.3 Å². The second-order valence-electron chi connectivity index (χ2n) is 7.07. The van der Waals surface area contributed by atoms with Crippen molar-refractivity contribution < 1.29 is 18.9 Å². The number of methoxy groups -OCH3 is 4. The third kappa shape index (κ3) is 5.81. The minimum absolute atomic E-state index is 0. The molecule has 0 unspecified atom stereocenters. The molecule has 0 aliphatic carbocycles. The molecule has 9 heteroatoms. The third-order valence-electron chi connectivity index (χ3n) is 5.43. The van der Waals surface area contributed by atoms with Crippen LogP contribution in [-0.2, 0) is 6.54 Å². The fourth-order valence-corrected chi connectivity index (χ4v) is 3.79. The van der Waals surface area contributed by atoms with Crippen molar-refractivity contribution in [3.05, 3.63) is 42.0 Å². The SMILES string of the molecule is CN=C(NCc1ccc(OC)c(OC)c1OC)N1CCN(c2cccc(OC)c2)CC1.I. The first kappa shape index (κ1) is 25.7. The molecule has 0 amide bonds. The summed E-state index contributed by atoms with van der Waals surface area (Å²) in [6, 6.07) is 12.0. The van der Waals surface area contributed by atoms with Gasteiger partial charge in [0.2, 0.25) is 5.75 Å². The average molecular weight is 556 g/mol. The molecule has 0 aromatic heterocycles. The number of benzene rings is 2. The molecule has 0 bridgehead atoms. The Bertz CT molecular complexity index is 902. The van der Waals surface area contributed by atoms with Crippen molar-refractivity contribution in [3.63, 3.8) is 0 Å². The van der Waals surface area contributed by atoms with Crippen molar-refractivity contribution in [3.8, 4) is 23.0 Å². The van der Waals surface area contributed by atoms with Crippen LogP contribution in [0.3, 0.4) is 0 Å². The highest BCUT2D eigenvalue weighted by Gasteiger charge is 2.21. The predicted octanol–water partition coefficient (Wildman–Crippen LogP) is 3.24. The van der Waals surface area contributed by atoms with E-state index >= 15 is 0 Å². The van der Waals surface area contributed by atoms with Gasteiger partial charge in [-0.2, -0.15) is 0 Å². The van der Waals surface area contributed by atoms with Gasteiger partial charge in [0.25, 0.3) is 0 Å². The molecular formula is C23H33IN4O4. The fourth-order valence-electron chi connectivity index (χ4n) is 3.79. The number of rotatable bonds is 7. The minimum Gasteiger partial charge on any atom is -0.497 e. The van der Waals surface area contributed by atoms with Crippen LogP contribution in [0.4, 0.5) is 5.69 Å². The number of nitrogens with zero attached hydrogens (tertiary/aromatic N) is 3. The second-order valence-corrected chi connectivity index (χ2v) is 7.07. The Morgan fingerprint density at radius 3 is 2.22 bits per heavy atom. The van der Waals surface area contributed by atoms with Gasteiger partial charge in [-0.1, -0.05) is 6.07 Å². The van der Waals surface area contributed by atoms with E-state index < -0.39 is 0 Å². The minimum atomic E-state index is 0. The van der Waals surface area contributed by atoms with Crippen LogP contribution < -0.4 is 29.2 Å². The summed E-state index contributed by atoms with van der Waals surface area (Å²) in [5, 5.41) is 3.45. The lowest BCUT2D eigenvalue weighted by atomic mass is 10.1. The molecule has 1 saturated heterocycles. The van der Waals surface area contributed by atoms with Crippen molar-refractivity contribution in [2.75, 3.05) is 66.6 Å². The van der Waals surface area contributed by atoms with Gasteiger partial charge in [-0.25, -0.2) is 0 Å². The van der Waals surface area contributed by atoms with Crippen molar-refractivity contribution in [2.24, 2.45) is 4.99 Å². The van der Waals surface area contributed by atoms with Crippen molar-refractivity contribution in [1.29, 1.82) is 0 Å². The summed E-state index contributed by atoms with van der Waals surface area (Å²) < 4.78 is 21.8. The first-order valence-electron chi connectivity index (χ1n) is 10.3. The van der Waals surface area contributed by atoms with Gasteiger partial charge >= 0.3 is 0 Å². The number of hydrogen-bond donors (Lipinski definition) is 1. The van der Waals surface area contributed by atoms with E-state index in [0.717, 1.165) is 43.5 Å². The zero-order chi connectivity index (χ0) is 22.2. The third-order valence-corrected chi connectivity index (χ3v) is 5.43. The van der Waals surface area contributed by atoms with Crippen molar-refractivity contribution >= 4 is 35.6 Å². The second kappa shape index (κ2) is 12.5. The maximum Gasteiger partial charge on any atom is 0.203 e.